The lowest BCUT2D eigenvalue weighted by atomic mass is 10.1. The molecule has 2 aliphatic heterocycles. The third-order valence-electron chi connectivity index (χ3n) is 2.75. The van der Waals surface area contributed by atoms with Crippen molar-refractivity contribution in [2.75, 3.05) is 6.54 Å². The standard InChI is InChI=1S/C12H16N2.2ClH/c1-4-11-8-14-6-5-9(2)7-12(14)13-10(11)3;;/h5-7H,4,8H2,1-3H3;2*1H. The summed E-state index contributed by atoms with van der Waals surface area (Å²) in [7, 11) is 0. The fourth-order valence-electron chi connectivity index (χ4n) is 1.79. The summed E-state index contributed by atoms with van der Waals surface area (Å²) in [6, 6.07) is 0. The van der Waals surface area contributed by atoms with Gasteiger partial charge in [0, 0.05) is 18.4 Å². The first-order valence-corrected chi connectivity index (χ1v) is 5.11. The van der Waals surface area contributed by atoms with Crippen molar-refractivity contribution in [2.24, 2.45) is 4.99 Å². The summed E-state index contributed by atoms with van der Waals surface area (Å²) < 4.78 is 0. The van der Waals surface area contributed by atoms with Gasteiger partial charge in [-0.15, -0.1) is 24.8 Å². The van der Waals surface area contributed by atoms with E-state index in [-0.39, 0.29) is 24.8 Å². The predicted octanol–water partition coefficient (Wildman–Crippen LogP) is 3.70. The molecule has 2 nitrogen and oxygen atoms in total. The van der Waals surface area contributed by atoms with E-state index in [1.54, 1.807) is 0 Å². The molecule has 16 heavy (non-hydrogen) atoms. The maximum absolute atomic E-state index is 4.60. The highest BCUT2D eigenvalue weighted by atomic mass is 35.5. The van der Waals surface area contributed by atoms with E-state index in [0.717, 1.165) is 18.8 Å². The average Bonchev–Trinajstić information content (AvgIpc) is 2.16. The van der Waals surface area contributed by atoms with Crippen LogP contribution in [0, 0.1) is 0 Å². The number of amidine groups is 1. The monoisotopic (exact) mass is 260 g/mol. The molecule has 0 saturated heterocycles. The number of fused-ring (bicyclic) bond motifs is 1. The van der Waals surface area contributed by atoms with Gasteiger partial charge in [-0.25, -0.2) is 4.99 Å². The van der Waals surface area contributed by atoms with Crippen molar-refractivity contribution in [2.45, 2.75) is 27.2 Å². The Morgan fingerprint density at radius 1 is 1.31 bits per heavy atom. The van der Waals surface area contributed by atoms with Crippen LogP contribution in [0.3, 0.4) is 0 Å². The zero-order valence-electron chi connectivity index (χ0n) is 9.86. The number of allylic oxidation sites excluding steroid dienone is 3. The second-order valence-corrected chi connectivity index (χ2v) is 3.84. The number of hydrogen-bond acceptors (Lipinski definition) is 2. The largest absolute Gasteiger partial charge is 0.329 e. The topological polar surface area (TPSA) is 15.6 Å². The van der Waals surface area contributed by atoms with Crippen LogP contribution >= 0.6 is 24.8 Å². The summed E-state index contributed by atoms with van der Waals surface area (Å²) in [5, 5.41) is 0. The minimum Gasteiger partial charge on any atom is -0.329 e. The van der Waals surface area contributed by atoms with Crippen molar-refractivity contribution in [3.63, 3.8) is 0 Å². The van der Waals surface area contributed by atoms with E-state index in [1.807, 2.05) is 0 Å². The van der Waals surface area contributed by atoms with Gasteiger partial charge in [0.25, 0.3) is 0 Å². The summed E-state index contributed by atoms with van der Waals surface area (Å²) in [5.41, 5.74) is 3.90. The van der Waals surface area contributed by atoms with Crippen LogP contribution in [0.4, 0.5) is 0 Å². The Morgan fingerprint density at radius 3 is 2.62 bits per heavy atom. The highest BCUT2D eigenvalue weighted by Crippen LogP contribution is 2.21. The second kappa shape index (κ2) is 6.12. The average molecular weight is 261 g/mol. The third-order valence-corrected chi connectivity index (χ3v) is 2.75. The van der Waals surface area contributed by atoms with Crippen molar-refractivity contribution in [1.82, 2.24) is 4.90 Å². The van der Waals surface area contributed by atoms with Crippen LogP contribution in [0.25, 0.3) is 0 Å². The van der Waals surface area contributed by atoms with E-state index in [1.165, 1.54) is 16.8 Å². The van der Waals surface area contributed by atoms with Gasteiger partial charge in [0.15, 0.2) is 0 Å². The quantitative estimate of drug-likeness (QED) is 0.702. The number of hydrogen-bond donors (Lipinski definition) is 0. The van der Waals surface area contributed by atoms with E-state index in [2.05, 4.69) is 49.0 Å². The lowest BCUT2D eigenvalue weighted by Crippen LogP contribution is -2.31. The molecule has 0 N–H and O–H groups in total. The summed E-state index contributed by atoms with van der Waals surface area (Å²) in [6.07, 6.45) is 7.48. The SMILES string of the molecule is CCC1=C(C)N=C2C=C(C)C=CN2C1.Cl.Cl. The molecule has 2 rings (SSSR count). The fourth-order valence-corrected chi connectivity index (χ4v) is 1.79. The van der Waals surface area contributed by atoms with Crippen molar-refractivity contribution in [1.29, 1.82) is 0 Å². The van der Waals surface area contributed by atoms with Crippen LogP contribution in [-0.4, -0.2) is 17.3 Å². The summed E-state index contributed by atoms with van der Waals surface area (Å²) in [5.74, 6) is 1.08. The van der Waals surface area contributed by atoms with E-state index in [9.17, 15) is 0 Å². The van der Waals surface area contributed by atoms with E-state index >= 15 is 0 Å². The molecule has 2 heterocycles. The molecule has 0 unspecified atom stereocenters. The van der Waals surface area contributed by atoms with E-state index in [0.29, 0.717) is 0 Å². The number of nitrogens with zero attached hydrogens (tertiary/aromatic N) is 2. The lowest BCUT2D eigenvalue weighted by molar-refractivity contribution is 0.575. The molecular formula is C12H18Cl2N2. The molecule has 0 spiro atoms. The van der Waals surface area contributed by atoms with Crippen molar-refractivity contribution in [3.8, 4) is 0 Å². The van der Waals surface area contributed by atoms with Crippen LogP contribution in [0.5, 0.6) is 0 Å². The smallest absolute Gasteiger partial charge is 0.133 e. The molecule has 0 atom stereocenters. The van der Waals surface area contributed by atoms with Gasteiger partial charge in [-0.2, -0.15) is 0 Å². The molecular weight excluding hydrogens is 243 g/mol. The van der Waals surface area contributed by atoms with Crippen molar-refractivity contribution < 1.29 is 0 Å². The number of rotatable bonds is 1. The zero-order chi connectivity index (χ0) is 10.1. The fraction of sp³-hybridized carbons (Fsp3) is 0.417. The first-order valence-electron chi connectivity index (χ1n) is 5.11. The van der Waals surface area contributed by atoms with Gasteiger partial charge in [-0.3, -0.25) is 0 Å². The Bertz CT molecular complexity index is 378. The van der Waals surface area contributed by atoms with Crippen molar-refractivity contribution >= 4 is 30.6 Å². The van der Waals surface area contributed by atoms with Crippen LogP contribution in [0.15, 0.2) is 40.2 Å². The van der Waals surface area contributed by atoms with Crippen LogP contribution < -0.4 is 0 Å². The minimum atomic E-state index is 0. The molecule has 0 aromatic rings. The summed E-state index contributed by atoms with van der Waals surface area (Å²) in [6.45, 7) is 7.39. The van der Waals surface area contributed by atoms with Gasteiger partial charge in [0.1, 0.15) is 5.84 Å². The van der Waals surface area contributed by atoms with E-state index < -0.39 is 0 Å². The van der Waals surface area contributed by atoms with Gasteiger partial charge >= 0.3 is 0 Å². The third kappa shape index (κ3) is 2.89. The molecule has 90 valence electrons. The summed E-state index contributed by atoms with van der Waals surface area (Å²) in [4.78, 5) is 6.81. The second-order valence-electron chi connectivity index (χ2n) is 3.84. The Morgan fingerprint density at radius 2 is 2.00 bits per heavy atom. The normalized spacial score (nSPS) is 18.1. The van der Waals surface area contributed by atoms with Gasteiger partial charge in [-0.1, -0.05) is 6.92 Å². The maximum Gasteiger partial charge on any atom is 0.133 e. The first-order chi connectivity index (χ1) is 6.70. The lowest BCUT2D eigenvalue weighted by Gasteiger charge is -2.29. The van der Waals surface area contributed by atoms with Crippen LogP contribution in [0.1, 0.15) is 27.2 Å². The molecule has 0 amide bonds. The molecule has 0 radical (unpaired) electrons. The Labute approximate surface area is 110 Å². The van der Waals surface area contributed by atoms with Crippen LogP contribution in [0.2, 0.25) is 0 Å². The Balaban J connectivity index is 0.00000112. The van der Waals surface area contributed by atoms with Crippen molar-refractivity contribution in [3.05, 3.63) is 35.2 Å². The summed E-state index contributed by atoms with van der Waals surface area (Å²) >= 11 is 0. The molecule has 0 fully saturated rings. The highest BCUT2D eigenvalue weighted by molar-refractivity contribution is 5.97. The molecule has 0 saturated carbocycles. The zero-order valence-corrected chi connectivity index (χ0v) is 11.5. The first kappa shape index (κ1) is 15.3. The Hall–Kier alpha value is -0.730. The predicted molar refractivity (Wildman–Crippen MR) is 74.5 cm³/mol. The molecule has 0 aromatic heterocycles. The number of halogens is 2. The maximum atomic E-state index is 4.60. The van der Waals surface area contributed by atoms with Gasteiger partial charge in [0.05, 0.1) is 0 Å². The molecule has 0 aromatic carbocycles. The minimum absolute atomic E-state index is 0. The molecule has 0 aliphatic carbocycles. The molecule has 2 aliphatic rings. The number of aliphatic imine (C=N–C) groups is 1. The Kier molecular flexibility index (Phi) is 5.84. The van der Waals surface area contributed by atoms with E-state index in [4.69, 9.17) is 0 Å². The van der Waals surface area contributed by atoms with Crippen LogP contribution in [-0.2, 0) is 0 Å². The van der Waals surface area contributed by atoms with Gasteiger partial charge in [-0.05, 0) is 43.6 Å². The van der Waals surface area contributed by atoms with Gasteiger partial charge < -0.3 is 4.90 Å². The highest BCUT2D eigenvalue weighted by Gasteiger charge is 2.17. The molecule has 0 bridgehead atoms. The molecule has 4 heteroatoms. The van der Waals surface area contributed by atoms with Gasteiger partial charge in [0.2, 0.25) is 0 Å².